The van der Waals surface area contributed by atoms with Crippen LogP contribution < -0.4 is 4.90 Å². The molecule has 0 saturated heterocycles. The van der Waals surface area contributed by atoms with E-state index in [1.807, 2.05) is 42.5 Å². The first-order valence-electron chi connectivity index (χ1n) is 15.7. The fourth-order valence-electron chi connectivity index (χ4n) is 6.45. The standard InChI is InChI=1S/C43H28N2O2/c1-4-12-29(13-5-1)35-18-10-11-19-36(35)30-20-22-33(23-21-30)45(32-16-8-3-9-17-32)34-24-25-37-38-27-39-42(28-41(38)46-40(37)26-34)47-43(44-39)31-14-6-2-7-15-31/h1-28H. The summed E-state index contributed by atoms with van der Waals surface area (Å²) in [5.74, 6) is 0.605. The normalized spacial score (nSPS) is 11.4. The molecule has 9 rings (SSSR count). The van der Waals surface area contributed by atoms with Crippen molar-refractivity contribution in [1.82, 2.24) is 4.98 Å². The van der Waals surface area contributed by atoms with Gasteiger partial charge < -0.3 is 13.7 Å². The van der Waals surface area contributed by atoms with Crippen LogP contribution in [0.1, 0.15) is 0 Å². The van der Waals surface area contributed by atoms with Gasteiger partial charge in [0.2, 0.25) is 5.89 Å². The van der Waals surface area contributed by atoms with Gasteiger partial charge in [0.25, 0.3) is 0 Å². The fraction of sp³-hybridized carbons (Fsp3) is 0. The molecule has 0 amide bonds. The van der Waals surface area contributed by atoms with Gasteiger partial charge in [0.1, 0.15) is 16.7 Å². The molecule has 0 unspecified atom stereocenters. The van der Waals surface area contributed by atoms with E-state index in [9.17, 15) is 0 Å². The van der Waals surface area contributed by atoms with Crippen LogP contribution in [0.25, 0.3) is 66.7 Å². The predicted molar refractivity (Wildman–Crippen MR) is 192 cm³/mol. The number of furan rings is 1. The lowest BCUT2D eigenvalue weighted by Crippen LogP contribution is -2.09. The maximum absolute atomic E-state index is 6.46. The molecule has 2 aromatic heterocycles. The minimum absolute atomic E-state index is 0.605. The molecule has 0 aliphatic rings. The van der Waals surface area contributed by atoms with E-state index in [1.165, 1.54) is 22.3 Å². The molecule has 0 aliphatic heterocycles. The van der Waals surface area contributed by atoms with Crippen LogP contribution in [-0.2, 0) is 0 Å². The smallest absolute Gasteiger partial charge is 0.227 e. The van der Waals surface area contributed by atoms with E-state index in [4.69, 9.17) is 13.8 Å². The van der Waals surface area contributed by atoms with E-state index in [0.29, 0.717) is 11.5 Å². The fourth-order valence-corrected chi connectivity index (χ4v) is 6.45. The number of aromatic nitrogens is 1. The summed E-state index contributed by atoms with van der Waals surface area (Å²) in [4.78, 5) is 7.04. The maximum Gasteiger partial charge on any atom is 0.227 e. The maximum atomic E-state index is 6.46. The Morgan fingerprint density at radius 3 is 1.64 bits per heavy atom. The molecule has 222 valence electrons. The summed E-state index contributed by atoms with van der Waals surface area (Å²) in [6, 6.07) is 58.7. The van der Waals surface area contributed by atoms with Gasteiger partial charge in [-0.2, -0.15) is 0 Å². The van der Waals surface area contributed by atoms with Crippen LogP contribution in [0.15, 0.2) is 179 Å². The molecule has 0 atom stereocenters. The number of anilines is 3. The summed E-state index contributed by atoms with van der Waals surface area (Å²) in [6.45, 7) is 0. The Labute approximate surface area is 271 Å². The van der Waals surface area contributed by atoms with Gasteiger partial charge in [-0.15, -0.1) is 0 Å². The Kier molecular flexibility index (Phi) is 6.43. The second kappa shape index (κ2) is 11.2. The van der Waals surface area contributed by atoms with E-state index >= 15 is 0 Å². The number of hydrogen-bond acceptors (Lipinski definition) is 4. The van der Waals surface area contributed by atoms with Gasteiger partial charge in [-0.3, -0.25) is 0 Å². The molecule has 9 aromatic rings. The first kappa shape index (κ1) is 27.0. The lowest BCUT2D eigenvalue weighted by molar-refractivity contribution is 0.617. The van der Waals surface area contributed by atoms with Crippen LogP contribution in [0.2, 0.25) is 0 Å². The van der Waals surface area contributed by atoms with Gasteiger partial charge in [0, 0.05) is 45.5 Å². The number of hydrogen-bond donors (Lipinski definition) is 0. The molecule has 0 bridgehead atoms. The minimum Gasteiger partial charge on any atom is -0.456 e. The van der Waals surface area contributed by atoms with Gasteiger partial charge in [-0.25, -0.2) is 4.98 Å². The van der Waals surface area contributed by atoms with Crippen LogP contribution in [0.4, 0.5) is 17.1 Å². The van der Waals surface area contributed by atoms with Gasteiger partial charge in [-0.05, 0) is 76.9 Å². The van der Waals surface area contributed by atoms with Gasteiger partial charge >= 0.3 is 0 Å². The lowest BCUT2D eigenvalue weighted by Gasteiger charge is -2.25. The highest BCUT2D eigenvalue weighted by atomic mass is 16.4. The van der Waals surface area contributed by atoms with Crippen LogP contribution in [0, 0.1) is 0 Å². The third kappa shape index (κ3) is 4.84. The highest BCUT2D eigenvalue weighted by Gasteiger charge is 2.18. The Balaban J connectivity index is 1.11. The summed E-state index contributed by atoms with van der Waals surface area (Å²) < 4.78 is 12.6. The largest absolute Gasteiger partial charge is 0.456 e. The molecule has 0 N–H and O–H groups in total. The number of rotatable bonds is 6. The summed E-state index contributed by atoms with van der Waals surface area (Å²) in [7, 11) is 0. The van der Waals surface area contributed by atoms with Crippen molar-refractivity contribution in [2.45, 2.75) is 0 Å². The Morgan fingerprint density at radius 1 is 0.383 bits per heavy atom. The van der Waals surface area contributed by atoms with E-state index in [1.54, 1.807) is 0 Å². The lowest BCUT2D eigenvalue weighted by atomic mass is 9.94. The number of benzene rings is 7. The Hall–Kier alpha value is -6.39. The Bertz CT molecular complexity index is 2500. The average molecular weight is 605 g/mol. The van der Waals surface area contributed by atoms with Crippen molar-refractivity contribution >= 4 is 50.1 Å². The van der Waals surface area contributed by atoms with Crippen molar-refractivity contribution in [3.63, 3.8) is 0 Å². The highest BCUT2D eigenvalue weighted by molar-refractivity contribution is 6.09. The second-order valence-corrected chi connectivity index (χ2v) is 11.6. The topological polar surface area (TPSA) is 42.4 Å². The third-order valence-corrected chi connectivity index (χ3v) is 8.71. The summed E-state index contributed by atoms with van der Waals surface area (Å²) >= 11 is 0. The van der Waals surface area contributed by atoms with Gasteiger partial charge in [0.05, 0.1) is 0 Å². The van der Waals surface area contributed by atoms with E-state index in [0.717, 1.165) is 50.1 Å². The Morgan fingerprint density at radius 2 is 0.936 bits per heavy atom. The zero-order valence-electron chi connectivity index (χ0n) is 25.4. The SMILES string of the molecule is c1ccc(-c2nc3cc4c(cc3o2)oc2cc(N(c3ccccc3)c3ccc(-c5ccccc5-c5ccccc5)cc3)ccc24)cc1. The van der Waals surface area contributed by atoms with E-state index < -0.39 is 0 Å². The molecule has 0 saturated carbocycles. The van der Waals surface area contributed by atoms with Crippen molar-refractivity contribution in [1.29, 1.82) is 0 Å². The summed E-state index contributed by atoms with van der Waals surface area (Å²) in [6.07, 6.45) is 0. The van der Waals surface area contributed by atoms with E-state index in [2.05, 4.69) is 132 Å². The molecule has 0 radical (unpaired) electrons. The molecule has 7 aromatic carbocycles. The quantitative estimate of drug-likeness (QED) is 0.189. The zero-order valence-corrected chi connectivity index (χ0v) is 25.4. The molecule has 4 nitrogen and oxygen atoms in total. The van der Waals surface area contributed by atoms with Crippen molar-refractivity contribution in [3.8, 4) is 33.7 Å². The molecule has 0 fully saturated rings. The average Bonchev–Trinajstić information content (AvgIpc) is 3.72. The molecule has 0 aliphatic carbocycles. The number of para-hydroxylation sites is 1. The monoisotopic (exact) mass is 604 g/mol. The van der Waals surface area contributed by atoms with E-state index in [-0.39, 0.29) is 0 Å². The number of nitrogens with zero attached hydrogens (tertiary/aromatic N) is 2. The molecule has 2 heterocycles. The summed E-state index contributed by atoms with van der Waals surface area (Å²) in [5, 5.41) is 2.05. The first-order chi connectivity index (χ1) is 23.3. The van der Waals surface area contributed by atoms with Crippen LogP contribution in [0.5, 0.6) is 0 Å². The molecular weight excluding hydrogens is 576 g/mol. The van der Waals surface area contributed by atoms with Crippen LogP contribution in [-0.4, -0.2) is 4.98 Å². The number of fused-ring (bicyclic) bond motifs is 4. The first-order valence-corrected chi connectivity index (χ1v) is 15.7. The minimum atomic E-state index is 0.605. The third-order valence-electron chi connectivity index (χ3n) is 8.71. The zero-order chi connectivity index (χ0) is 31.2. The van der Waals surface area contributed by atoms with Crippen LogP contribution in [0.3, 0.4) is 0 Å². The second-order valence-electron chi connectivity index (χ2n) is 11.6. The molecule has 4 heteroatoms. The summed E-state index contributed by atoms with van der Waals surface area (Å²) in [5.41, 5.74) is 12.0. The molecule has 0 spiro atoms. The van der Waals surface area contributed by atoms with Crippen molar-refractivity contribution < 1.29 is 8.83 Å². The highest BCUT2D eigenvalue weighted by Crippen LogP contribution is 2.41. The molecule has 47 heavy (non-hydrogen) atoms. The van der Waals surface area contributed by atoms with Crippen LogP contribution >= 0.6 is 0 Å². The van der Waals surface area contributed by atoms with Gasteiger partial charge in [0.15, 0.2) is 5.58 Å². The van der Waals surface area contributed by atoms with Crippen molar-refractivity contribution in [2.75, 3.05) is 4.90 Å². The van der Waals surface area contributed by atoms with Crippen molar-refractivity contribution in [3.05, 3.63) is 170 Å². The van der Waals surface area contributed by atoms with Crippen molar-refractivity contribution in [2.24, 2.45) is 0 Å². The number of oxazole rings is 1. The van der Waals surface area contributed by atoms with Gasteiger partial charge in [-0.1, -0.05) is 103 Å². The molecular formula is C43H28N2O2. The predicted octanol–water partition coefficient (Wildman–Crippen LogP) is 12.2.